The Labute approximate surface area is 186 Å². The van der Waals surface area contributed by atoms with Crippen LogP contribution < -0.4 is 14.8 Å². The Morgan fingerprint density at radius 2 is 1.83 bits per heavy atom. The third-order valence-corrected chi connectivity index (χ3v) is 6.65. The number of rotatable bonds is 10. The molecule has 7 nitrogen and oxygen atoms in total. The molecule has 2 aromatic rings. The first-order chi connectivity index (χ1) is 14.2. The predicted molar refractivity (Wildman–Crippen MR) is 118 cm³/mol. The van der Waals surface area contributed by atoms with Crippen LogP contribution in [0.3, 0.4) is 0 Å². The zero-order valence-electron chi connectivity index (χ0n) is 16.9. The van der Waals surface area contributed by atoms with E-state index in [1.54, 1.807) is 31.2 Å². The molecule has 0 aliphatic rings. The van der Waals surface area contributed by atoms with E-state index in [-0.39, 0.29) is 29.6 Å². The van der Waals surface area contributed by atoms with Gasteiger partial charge in [0, 0.05) is 26.2 Å². The van der Waals surface area contributed by atoms with E-state index in [0.717, 1.165) is 4.31 Å². The van der Waals surface area contributed by atoms with Crippen LogP contribution in [0.4, 0.5) is 5.69 Å². The molecule has 30 heavy (non-hydrogen) atoms. The monoisotopic (exact) mass is 474 g/mol. The third kappa shape index (κ3) is 6.25. The minimum Gasteiger partial charge on any atom is -0.492 e. The summed E-state index contributed by atoms with van der Waals surface area (Å²) in [5.41, 5.74) is 0.364. The summed E-state index contributed by atoms with van der Waals surface area (Å²) < 4.78 is 37.2. The summed E-state index contributed by atoms with van der Waals surface area (Å²) in [5, 5.41) is 3.42. The van der Waals surface area contributed by atoms with Crippen molar-refractivity contribution in [2.45, 2.75) is 24.7 Å². The van der Waals surface area contributed by atoms with E-state index < -0.39 is 10.0 Å². The Balaban J connectivity index is 1.98. The second-order valence-corrected chi connectivity index (χ2v) is 9.34. The number of carbonyl (C=O) groups excluding carboxylic acids is 1. The summed E-state index contributed by atoms with van der Waals surface area (Å²) in [6.07, 6.45) is 0.621. The van der Waals surface area contributed by atoms with Crippen molar-refractivity contribution in [2.24, 2.45) is 0 Å². The van der Waals surface area contributed by atoms with Crippen LogP contribution in [0.2, 0.25) is 10.0 Å². The van der Waals surface area contributed by atoms with Crippen molar-refractivity contribution in [3.05, 3.63) is 46.4 Å². The summed E-state index contributed by atoms with van der Waals surface area (Å²) in [6, 6.07) is 9.59. The fourth-order valence-corrected chi connectivity index (χ4v) is 3.89. The van der Waals surface area contributed by atoms with Gasteiger partial charge in [0.25, 0.3) is 0 Å². The highest BCUT2D eigenvalue weighted by Crippen LogP contribution is 2.32. The van der Waals surface area contributed by atoms with E-state index in [4.69, 9.17) is 32.7 Å². The van der Waals surface area contributed by atoms with Crippen molar-refractivity contribution in [1.82, 2.24) is 4.31 Å². The fourth-order valence-electron chi connectivity index (χ4n) is 2.49. The summed E-state index contributed by atoms with van der Waals surface area (Å²) in [7, 11) is -0.867. The molecule has 0 atom stereocenters. The number of nitrogens with zero attached hydrogens (tertiary/aromatic N) is 1. The number of hydrogen-bond donors (Lipinski definition) is 1. The summed E-state index contributed by atoms with van der Waals surface area (Å²) >= 11 is 12.0. The van der Waals surface area contributed by atoms with Crippen LogP contribution >= 0.6 is 23.2 Å². The maximum absolute atomic E-state index is 12.6. The lowest BCUT2D eigenvalue weighted by molar-refractivity contribution is -0.116. The Morgan fingerprint density at radius 1 is 1.10 bits per heavy atom. The van der Waals surface area contributed by atoms with Crippen LogP contribution in [0, 0.1) is 0 Å². The van der Waals surface area contributed by atoms with Gasteiger partial charge in [-0.2, -0.15) is 0 Å². The van der Waals surface area contributed by atoms with Gasteiger partial charge in [-0.3, -0.25) is 4.79 Å². The van der Waals surface area contributed by atoms with Crippen molar-refractivity contribution in [3.8, 4) is 11.5 Å². The molecule has 10 heteroatoms. The number of anilines is 1. The number of halogens is 2. The number of sulfonamides is 1. The fraction of sp³-hybridized carbons (Fsp3) is 0.350. The molecule has 0 fully saturated rings. The molecule has 0 bridgehead atoms. The predicted octanol–water partition coefficient (Wildman–Crippen LogP) is 4.44. The minimum absolute atomic E-state index is 0.00826. The summed E-state index contributed by atoms with van der Waals surface area (Å²) in [6.45, 7) is 2.36. The summed E-state index contributed by atoms with van der Waals surface area (Å²) in [4.78, 5) is 12.2. The minimum atomic E-state index is -3.73. The molecular formula is C20H24Cl2N2O5S. The van der Waals surface area contributed by atoms with Gasteiger partial charge in [0.05, 0.1) is 18.2 Å². The average molecular weight is 475 g/mol. The molecule has 1 amide bonds. The Hall–Kier alpha value is -2.00. The lowest BCUT2D eigenvalue weighted by atomic mass is 10.2. The SMILES string of the molecule is CCOc1ccc(NC(=O)CCCOc2cccc(Cl)c2Cl)cc1S(=O)(=O)N(C)C. The Kier molecular flexibility index (Phi) is 8.78. The van der Waals surface area contributed by atoms with Crippen LogP contribution in [0.5, 0.6) is 11.5 Å². The number of carbonyl (C=O) groups is 1. The molecule has 0 unspecified atom stereocenters. The van der Waals surface area contributed by atoms with Gasteiger partial charge in [0.15, 0.2) is 0 Å². The van der Waals surface area contributed by atoms with Crippen LogP contribution in [0.15, 0.2) is 41.3 Å². The molecule has 0 spiro atoms. The molecule has 0 saturated carbocycles. The molecule has 164 valence electrons. The van der Waals surface area contributed by atoms with Gasteiger partial charge in [-0.05, 0) is 43.7 Å². The van der Waals surface area contributed by atoms with E-state index in [1.165, 1.54) is 26.2 Å². The van der Waals surface area contributed by atoms with E-state index in [9.17, 15) is 13.2 Å². The molecule has 0 heterocycles. The molecule has 2 rings (SSSR count). The van der Waals surface area contributed by atoms with Gasteiger partial charge in [0.1, 0.15) is 21.4 Å². The molecule has 0 aliphatic heterocycles. The molecule has 0 saturated heterocycles. The first-order valence-corrected chi connectivity index (χ1v) is 11.4. The summed E-state index contributed by atoms with van der Waals surface area (Å²) in [5.74, 6) is 0.416. The van der Waals surface area contributed by atoms with Gasteiger partial charge in [0.2, 0.25) is 15.9 Å². The zero-order chi connectivity index (χ0) is 22.3. The highest BCUT2D eigenvalue weighted by molar-refractivity contribution is 7.89. The van der Waals surface area contributed by atoms with Crippen molar-refractivity contribution in [2.75, 3.05) is 32.6 Å². The third-order valence-electron chi connectivity index (χ3n) is 4.01. The standard InChI is InChI=1S/C20H24Cl2N2O5S/c1-4-28-16-11-10-14(13-18(16)30(26,27)24(2)3)23-19(25)9-6-12-29-17-8-5-7-15(21)20(17)22/h5,7-8,10-11,13H,4,6,9,12H2,1-3H3,(H,23,25). The van der Waals surface area contributed by atoms with Crippen LogP contribution in [-0.2, 0) is 14.8 Å². The van der Waals surface area contributed by atoms with E-state index in [0.29, 0.717) is 34.5 Å². The van der Waals surface area contributed by atoms with Crippen molar-refractivity contribution in [3.63, 3.8) is 0 Å². The molecular weight excluding hydrogens is 451 g/mol. The van der Waals surface area contributed by atoms with Gasteiger partial charge in [-0.15, -0.1) is 0 Å². The second kappa shape index (κ2) is 10.9. The molecule has 0 radical (unpaired) electrons. The molecule has 1 N–H and O–H groups in total. The van der Waals surface area contributed by atoms with Crippen LogP contribution in [0.25, 0.3) is 0 Å². The van der Waals surface area contributed by atoms with Crippen molar-refractivity contribution in [1.29, 1.82) is 0 Å². The van der Waals surface area contributed by atoms with Gasteiger partial charge in [-0.25, -0.2) is 12.7 Å². The highest BCUT2D eigenvalue weighted by Gasteiger charge is 2.23. The molecule has 0 aliphatic carbocycles. The lowest BCUT2D eigenvalue weighted by Gasteiger charge is -2.16. The number of ether oxygens (including phenoxy) is 2. The highest BCUT2D eigenvalue weighted by atomic mass is 35.5. The second-order valence-electron chi connectivity index (χ2n) is 6.43. The molecule has 2 aromatic carbocycles. The van der Waals surface area contributed by atoms with Crippen molar-refractivity contribution >= 4 is 44.8 Å². The van der Waals surface area contributed by atoms with Crippen LogP contribution in [-0.4, -0.2) is 45.9 Å². The number of amides is 1. The maximum atomic E-state index is 12.6. The number of nitrogens with one attached hydrogen (secondary N) is 1. The normalized spacial score (nSPS) is 11.4. The van der Waals surface area contributed by atoms with Crippen LogP contribution in [0.1, 0.15) is 19.8 Å². The first-order valence-electron chi connectivity index (χ1n) is 9.22. The molecule has 0 aromatic heterocycles. The number of benzene rings is 2. The first kappa shape index (κ1) is 24.3. The zero-order valence-corrected chi connectivity index (χ0v) is 19.3. The quantitative estimate of drug-likeness (QED) is 0.514. The average Bonchev–Trinajstić information content (AvgIpc) is 2.69. The van der Waals surface area contributed by atoms with E-state index in [1.807, 2.05) is 0 Å². The van der Waals surface area contributed by atoms with Crippen molar-refractivity contribution < 1.29 is 22.7 Å². The Bertz CT molecular complexity index is 997. The van der Waals surface area contributed by atoms with Gasteiger partial charge >= 0.3 is 0 Å². The Morgan fingerprint density at radius 3 is 2.50 bits per heavy atom. The number of hydrogen-bond acceptors (Lipinski definition) is 5. The maximum Gasteiger partial charge on any atom is 0.246 e. The van der Waals surface area contributed by atoms with E-state index in [2.05, 4.69) is 5.32 Å². The smallest absolute Gasteiger partial charge is 0.246 e. The lowest BCUT2D eigenvalue weighted by Crippen LogP contribution is -2.23. The largest absolute Gasteiger partial charge is 0.492 e. The topological polar surface area (TPSA) is 84.9 Å². The van der Waals surface area contributed by atoms with Gasteiger partial charge < -0.3 is 14.8 Å². The van der Waals surface area contributed by atoms with E-state index >= 15 is 0 Å². The van der Waals surface area contributed by atoms with Gasteiger partial charge in [-0.1, -0.05) is 29.3 Å².